The van der Waals surface area contributed by atoms with Crippen molar-refractivity contribution in [1.82, 2.24) is 3.11 Å². The Morgan fingerprint density at radius 3 is 2.60 bits per heavy atom. The number of hydrogen-bond acceptors (Lipinski definition) is 3. The Balaban J connectivity index is 2.32. The van der Waals surface area contributed by atoms with Crippen LogP contribution in [0.2, 0.25) is 0 Å². The van der Waals surface area contributed by atoms with E-state index in [2.05, 4.69) is 36.0 Å². The van der Waals surface area contributed by atoms with Gasteiger partial charge in [-0.15, -0.1) is 0 Å². The third-order valence-corrected chi connectivity index (χ3v) is 2.47. The van der Waals surface area contributed by atoms with Gasteiger partial charge in [0.1, 0.15) is 7.11 Å². The highest BCUT2D eigenvalue weighted by Crippen LogP contribution is 2.10. The van der Waals surface area contributed by atoms with Gasteiger partial charge in [-0.1, -0.05) is 5.16 Å². The molecule has 10 heavy (non-hydrogen) atoms. The molecule has 1 saturated heterocycles. The average molecular weight is 254 g/mol. The minimum absolute atomic E-state index is 1.05. The Morgan fingerprint density at radius 1 is 1.50 bits per heavy atom. The molecule has 0 radical (unpaired) electrons. The summed E-state index contributed by atoms with van der Waals surface area (Å²) in [5, 5.41) is 3.90. The predicted octanol–water partition coefficient (Wildman–Crippen LogP) is 1.43. The molecule has 1 aliphatic rings. The molecule has 1 heterocycles. The lowest BCUT2D eigenvalue weighted by Gasteiger charge is -2.20. The van der Waals surface area contributed by atoms with Crippen LogP contribution in [0.25, 0.3) is 0 Å². The Hall–Kier alpha value is 0.160. The van der Waals surface area contributed by atoms with E-state index in [4.69, 9.17) is 0 Å². The smallest absolute Gasteiger partial charge is 0.106 e. The van der Waals surface area contributed by atoms with E-state index in [0.29, 0.717) is 0 Å². The number of halogens is 1. The van der Waals surface area contributed by atoms with E-state index in [1.54, 1.807) is 7.11 Å². The first kappa shape index (κ1) is 8.26. The predicted molar refractivity (Wildman–Crippen MR) is 49.3 cm³/mol. The minimum Gasteiger partial charge on any atom is -0.399 e. The molecular weight excluding hydrogens is 243 g/mol. The van der Waals surface area contributed by atoms with Crippen LogP contribution in [0.5, 0.6) is 0 Å². The van der Waals surface area contributed by atoms with Gasteiger partial charge in [0.2, 0.25) is 0 Å². The fraction of sp³-hybridized carbons (Fsp3) is 0.833. The third kappa shape index (κ3) is 2.42. The van der Waals surface area contributed by atoms with Gasteiger partial charge in [0.05, 0.1) is 5.71 Å². The van der Waals surface area contributed by atoms with Gasteiger partial charge in [-0.3, -0.25) is 0 Å². The maximum Gasteiger partial charge on any atom is 0.106 e. The van der Waals surface area contributed by atoms with Gasteiger partial charge < -0.3 is 4.84 Å². The molecule has 0 aromatic heterocycles. The second-order valence-corrected chi connectivity index (χ2v) is 3.61. The van der Waals surface area contributed by atoms with E-state index >= 15 is 0 Å². The Kier molecular flexibility index (Phi) is 3.41. The molecule has 0 atom stereocenters. The number of piperidine rings is 1. The summed E-state index contributed by atoms with van der Waals surface area (Å²) in [5.74, 6) is 0. The summed E-state index contributed by atoms with van der Waals surface area (Å²) in [7, 11) is 1.60. The van der Waals surface area contributed by atoms with Crippen LogP contribution in [0.15, 0.2) is 5.16 Å². The zero-order chi connectivity index (χ0) is 7.40. The van der Waals surface area contributed by atoms with Gasteiger partial charge in [-0.05, 0) is 0 Å². The summed E-state index contributed by atoms with van der Waals surface area (Å²) in [6, 6.07) is 0. The lowest BCUT2D eigenvalue weighted by molar-refractivity contribution is 0.210. The summed E-state index contributed by atoms with van der Waals surface area (Å²) >= 11 is 2.33. The van der Waals surface area contributed by atoms with Crippen LogP contribution in [0.3, 0.4) is 0 Å². The molecular formula is C6H11IN2O. The lowest BCUT2D eigenvalue weighted by Crippen LogP contribution is -2.25. The van der Waals surface area contributed by atoms with Crippen molar-refractivity contribution in [3.8, 4) is 0 Å². The number of hydrogen-bond donors (Lipinski definition) is 0. The fourth-order valence-corrected chi connectivity index (χ4v) is 1.44. The zero-order valence-corrected chi connectivity index (χ0v) is 8.17. The van der Waals surface area contributed by atoms with Gasteiger partial charge in [0.15, 0.2) is 0 Å². The Labute approximate surface area is 74.9 Å². The van der Waals surface area contributed by atoms with E-state index in [1.165, 1.54) is 5.71 Å². The highest BCUT2D eigenvalue weighted by molar-refractivity contribution is 14.1. The molecule has 58 valence electrons. The maximum atomic E-state index is 4.68. The van der Waals surface area contributed by atoms with E-state index in [1.807, 2.05) is 0 Å². The van der Waals surface area contributed by atoms with Crippen molar-refractivity contribution in [1.29, 1.82) is 0 Å². The molecule has 0 N–H and O–H groups in total. The summed E-state index contributed by atoms with van der Waals surface area (Å²) in [6.45, 7) is 2.20. The standard InChI is InChI=1S/C6H11IN2O/c1-10-8-6-2-4-9(7)5-3-6/h2-5H2,1H3. The number of oxime groups is 1. The third-order valence-electron chi connectivity index (χ3n) is 1.51. The van der Waals surface area contributed by atoms with Crippen LogP contribution in [-0.4, -0.2) is 29.0 Å². The molecule has 0 aromatic rings. The minimum atomic E-state index is 1.05. The van der Waals surface area contributed by atoms with Crippen LogP contribution in [0.4, 0.5) is 0 Å². The summed E-state index contributed by atoms with van der Waals surface area (Å²) < 4.78 is 2.27. The second kappa shape index (κ2) is 4.12. The van der Waals surface area contributed by atoms with E-state index in [9.17, 15) is 0 Å². The Bertz CT molecular complexity index is 128. The van der Waals surface area contributed by atoms with E-state index in [0.717, 1.165) is 25.9 Å². The van der Waals surface area contributed by atoms with Crippen LogP contribution in [0, 0.1) is 0 Å². The molecule has 1 fully saturated rings. The molecule has 0 saturated carbocycles. The summed E-state index contributed by atoms with van der Waals surface area (Å²) in [5.41, 5.74) is 1.19. The molecule has 0 unspecified atom stereocenters. The summed E-state index contributed by atoms with van der Waals surface area (Å²) in [4.78, 5) is 4.68. The van der Waals surface area contributed by atoms with E-state index in [-0.39, 0.29) is 0 Å². The van der Waals surface area contributed by atoms with Crippen LogP contribution < -0.4 is 0 Å². The van der Waals surface area contributed by atoms with Crippen molar-refractivity contribution >= 4 is 28.6 Å². The van der Waals surface area contributed by atoms with Crippen molar-refractivity contribution in [2.75, 3.05) is 20.2 Å². The highest BCUT2D eigenvalue weighted by atomic mass is 127. The molecule has 0 bridgehead atoms. The Morgan fingerprint density at radius 2 is 2.10 bits per heavy atom. The van der Waals surface area contributed by atoms with Gasteiger partial charge in [-0.2, -0.15) is 0 Å². The fourth-order valence-electron chi connectivity index (χ4n) is 0.958. The molecule has 4 heteroatoms. The van der Waals surface area contributed by atoms with Crippen molar-refractivity contribution in [2.45, 2.75) is 12.8 Å². The van der Waals surface area contributed by atoms with Crippen LogP contribution >= 0.6 is 22.9 Å². The number of rotatable bonds is 1. The maximum absolute atomic E-state index is 4.68. The van der Waals surface area contributed by atoms with Gasteiger partial charge in [0.25, 0.3) is 0 Å². The van der Waals surface area contributed by atoms with Gasteiger partial charge >= 0.3 is 0 Å². The molecule has 1 aliphatic heterocycles. The number of nitrogens with zero attached hydrogens (tertiary/aromatic N) is 2. The van der Waals surface area contributed by atoms with Crippen molar-refractivity contribution in [3.63, 3.8) is 0 Å². The molecule has 1 rings (SSSR count). The molecule has 0 aliphatic carbocycles. The largest absolute Gasteiger partial charge is 0.399 e. The molecule has 0 spiro atoms. The van der Waals surface area contributed by atoms with Crippen molar-refractivity contribution < 1.29 is 4.84 Å². The molecule has 3 nitrogen and oxygen atoms in total. The molecule has 0 aromatic carbocycles. The normalized spacial score (nSPS) is 20.8. The summed E-state index contributed by atoms with van der Waals surface area (Å²) in [6.07, 6.45) is 2.10. The second-order valence-electron chi connectivity index (χ2n) is 2.25. The van der Waals surface area contributed by atoms with Gasteiger partial charge in [-0.25, -0.2) is 3.11 Å². The van der Waals surface area contributed by atoms with Crippen molar-refractivity contribution in [2.24, 2.45) is 5.16 Å². The van der Waals surface area contributed by atoms with Crippen LogP contribution in [-0.2, 0) is 4.84 Å². The SMILES string of the molecule is CON=C1CCN(I)CC1. The monoisotopic (exact) mass is 254 g/mol. The first-order valence-electron chi connectivity index (χ1n) is 3.32. The zero-order valence-electron chi connectivity index (χ0n) is 6.01. The quantitative estimate of drug-likeness (QED) is 0.402. The van der Waals surface area contributed by atoms with Gasteiger partial charge in [0, 0.05) is 48.8 Å². The first-order valence-corrected chi connectivity index (χ1v) is 4.29. The average Bonchev–Trinajstić information content (AvgIpc) is 1.95. The lowest BCUT2D eigenvalue weighted by atomic mass is 10.1. The first-order chi connectivity index (χ1) is 4.83. The van der Waals surface area contributed by atoms with Crippen molar-refractivity contribution in [3.05, 3.63) is 0 Å². The molecule has 0 amide bonds. The topological polar surface area (TPSA) is 24.8 Å². The van der Waals surface area contributed by atoms with E-state index < -0.39 is 0 Å². The highest BCUT2D eigenvalue weighted by Gasteiger charge is 2.11. The van der Waals surface area contributed by atoms with Crippen LogP contribution in [0.1, 0.15) is 12.8 Å².